The van der Waals surface area contributed by atoms with Crippen LogP contribution < -0.4 is 10.5 Å². The molecule has 2 aliphatic rings. The predicted octanol–water partition coefficient (Wildman–Crippen LogP) is 1.62. The van der Waals surface area contributed by atoms with Crippen LogP contribution in [0, 0.1) is 12.8 Å². The minimum Gasteiger partial charge on any atom is -0.374 e. The maximum atomic E-state index is 12.3. The fourth-order valence-electron chi connectivity index (χ4n) is 3.05. The summed E-state index contributed by atoms with van der Waals surface area (Å²) in [7, 11) is 0. The number of aryl methyl sites for hydroxylation is 1. The molecule has 5 heteroatoms. The SMILES string of the molecule is Cc1cccn2c(=O)cc(N3CCOC(C4CC4)C3)nc12. The van der Waals surface area contributed by atoms with Gasteiger partial charge in [-0.25, -0.2) is 4.98 Å². The molecule has 1 aliphatic heterocycles. The molecule has 3 heterocycles. The Morgan fingerprint density at radius 1 is 1.38 bits per heavy atom. The third-order valence-corrected chi connectivity index (χ3v) is 4.44. The van der Waals surface area contributed by atoms with Crippen molar-refractivity contribution in [1.82, 2.24) is 9.38 Å². The molecule has 0 amide bonds. The molecule has 0 aromatic carbocycles. The van der Waals surface area contributed by atoms with E-state index in [9.17, 15) is 4.79 Å². The van der Waals surface area contributed by atoms with E-state index in [0.29, 0.717) is 12.0 Å². The Balaban J connectivity index is 1.72. The zero-order valence-corrected chi connectivity index (χ0v) is 12.2. The second-order valence-electron chi connectivity index (χ2n) is 6.03. The van der Waals surface area contributed by atoms with Gasteiger partial charge in [-0.2, -0.15) is 0 Å². The van der Waals surface area contributed by atoms with Crippen LogP contribution >= 0.6 is 0 Å². The first-order valence-corrected chi connectivity index (χ1v) is 7.58. The first-order valence-electron chi connectivity index (χ1n) is 7.58. The van der Waals surface area contributed by atoms with Crippen molar-refractivity contribution in [3.63, 3.8) is 0 Å². The predicted molar refractivity (Wildman–Crippen MR) is 80.9 cm³/mol. The molecule has 1 unspecified atom stereocenters. The normalized spacial score (nSPS) is 22.7. The van der Waals surface area contributed by atoms with Gasteiger partial charge < -0.3 is 9.64 Å². The van der Waals surface area contributed by atoms with E-state index in [2.05, 4.69) is 4.90 Å². The monoisotopic (exact) mass is 285 g/mol. The van der Waals surface area contributed by atoms with Crippen LogP contribution in [0.3, 0.4) is 0 Å². The molecule has 1 atom stereocenters. The molecule has 21 heavy (non-hydrogen) atoms. The summed E-state index contributed by atoms with van der Waals surface area (Å²) in [5.74, 6) is 1.49. The Kier molecular flexibility index (Phi) is 2.96. The number of nitrogens with zero attached hydrogens (tertiary/aromatic N) is 3. The number of fused-ring (bicyclic) bond motifs is 1. The van der Waals surface area contributed by atoms with E-state index in [-0.39, 0.29) is 5.56 Å². The second-order valence-corrected chi connectivity index (χ2v) is 6.03. The van der Waals surface area contributed by atoms with Crippen LogP contribution in [0.15, 0.2) is 29.2 Å². The molecular formula is C16H19N3O2. The van der Waals surface area contributed by atoms with Gasteiger partial charge in [-0.15, -0.1) is 0 Å². The zero-order valence-electron chi connectivity index (χ0n) is 12.2. The molecule has 2 fully saturated rings. The van der Waals surface area contributed by atoms with Gasteiger partial charge in [0.15, 0.2) is 0 Å². The highest BCUT2D eigenvalue weighted by Crippen LogP contribution is 2.36. The molecule has 0 spiro atoms. The summed E-state index contributed by atoms with van der Waals surface area (Å²) in [4.78, 5) is 19.2. The standard InChI is InChI=1S/C16H19N3O2/c1-11-3-2-6-19-15(20)9-14(17-16(11)19)18-7-8-21-13(10-18)12-4-5-12/h2-3,6,9,12-13H,4-5,7-8,10H2,1H3. The smallest absolute Gasteiger partial charge is 0.259 e. The van der Waals surface area contributed by atoms with Crippen molar-refractivity contribution in [2.75, 3.05) is 24.6 Å². The van der Waals surface area contributed by atoms with Crippen LogP contribution in [-0.2, 0) is 4.74 Å². The van der Waals surface area contributed by atoms with E-state index in [0.717, 1.165) is 36.7 Å². The van der Waals surface area contributed by atoms with E-state index in [4.69, 9.17) is 9.72 Å². The van der Waals surface area contributed by atoms with E-state index >= 15 is 0 Å². The maximum absolute atomic E-state index is 12.3. The number of anilines is 1. The van der Waals surface area contributed by atoms with E-state index in [1.807, 2.05) is 19.1 Å². The molecule has 1 saturated heterocycles. The zero-order chi connectivity index (χ0) is 14.4. The van der Waals surface area contributed by atoms with Crippen LogP contribution in [0.2, 0.25) is 0 Å². The number of hydrogen-bond acceptors (Lipinski definition) is 4. The van der Waals surface area contributed by atoms with E-state index < -0.39 is 0 Å². The van der Waals surface area contributed by atoms with Crippen molar-refractivity contribution in [3.8, 4) is 0 Å². The lowest BCUT2D eigenvalue weighted by Gasteiger charge is -2.33. The maximum Gasteiger partial charge on any atom is 0.259 e. The fraction of sp³-hybridized carbons (Fsp3) is 0.500. The summed E-state index contributed by atoms with van der Waals surface area (Å²) in [6, 6.07) is 5.50. The summed E-state index contributed by atoms with van der Waals surface area (Å²) in [5, 5.41) is 0. The van der Waals surface area contributed by atoms with Crippen LogP contribution in [0.25, 0.3) is 5.65 Å². The summed E-state index contributed by atoms with van der Waals surface area (Å²) < 4.78 is 7.45. The second kappa shape index (κ2) is 4.84. The molecule has 1 saturated carbocycles. The Bertz CT molecular complexity index is 736. The molecule has 110 valence electrons. The highest BCUT2D eigenvalue weighted by molar-refractivity contribution is 5.53. The van der Waals surface area contributed by atoms with E-state index in [1.165, 1.54) is 12.8 Å². The van der Waals surface area contributed by atoms with Crippen LogP contribution in [0.5, 0.6) is 0 Å². The number of morpholine rings is 1. The summed E-state index contributed by atoms with van der Waals surface area (Å²) in [5.41, 5.74) is 1.74. The van der Waals surface area contributed by atoms with Gasteiger partial charge in [-0.3, -0.25) is 9.20 Å². The van der Waals surface area contributed by atoms with Crippen LogP contribution in [0.4, 0.5) is 5.82 Å². The lowest BCUT2D eigenvalue weighted by atomic mass is 10.2. The van der Waals surface area contributed by atoms with Crippen molar-refractivity contribution >= 4 is 11.5 Å². The molecular weight excluding hydrogens is 266 g/mol. The van der Waals surface area contributed by atoms with Crippen LogP contribution in [0.1, 0.15) is 18.4 Å². The van der Waals surface area contributed by atoms with E-state index in [1.54, 1.807) is 16.7 Å². The first-order chi connectivity index (χ1) is 10.2. The van der Waals surface area contributed by atoms with Gasteiger partial charge in [0.05, 0.1) is 12.7 Å². The largest absolute Gasteiger partial charge is 0.374 e. The summed E-state index contributed by atoms with van der Waals surface area (Å²) in [6.07, 6.45) is 4.61. The quantitative estimate of drug-likeness (QED) is 0.841. The number of hydrogen-bond donors (Lipinski definition) is 0. The van der Waals surface area contributed by atoms with Crippen molar-refractivity contribution in [3.05, 3.63) is 40.3 Å². The lowest BCUT2D eigenvalue weighted by Crippen LogP contribution is -2.44. The third-order valence-electron chi connectivity index (χ3n) is 4.44. The first kappa shape index (κ1) is 12.8. The number of ether oxygens (including phenoxy) is 1. The van der Waals surface area contributed by atoms with Gasteiger partial charge in [-0.05, 0) is 37.3 Å². The van der Waals surface area contributed by atoms with Gasteiger partial charge in [0.2, 0.25) is 0 Å². The summed E-state index contributed by atoms with van der Waals surface area (Å²) in [6.45, 7) is 4.35. The minimum atomic E-state index is -0.0202. The van der Waals surface area contributed by atoms with Crippen LogP contribution in [-0.4, -0.2) is 35.2 Å². The Labute approximate surface area is 123 Å². The van der Waals surface area contributed by atoms with Gasteiger partial charge in [-0.1, -0.05) is 6.07 Å². The highest BCUT2D eigenvalue weighted by Gasteiger charge is 2.35. The molecule has 2 aromatic heterocycles. The van der Waals surface area contributed by atoms with Gasteiger partial charge >= 0.3 is 0 Å². The molecule has 0 N–H and O–H groups in total. The minimum absolute atomic E-state index is 0.0202. The average Bonchev–Trinajstić information content (AvgIpc) is 3.33. The third kappa shape index (κ3) is 2.31. The molecule has 1 aliphatic carbocycles. The number of rotatable bonds is 2. The molecule has 2 aromatic rings. The molecule has 0 bridgehead atoms. The average molecular weight is 285 g/mol. The fourth-order valence-corrected chi connectivity index (χ4v) is 3.05. The van der Waals surface area contributed by atoms with Crippen molar-refractivity contribution in [2.24, 2.45) is 5.92 Å². The lowest BCUT2D eigenvalue weighted by molar-refractivity contribution is 0.0261. The Hall–Kier alpha value is -1.88. The molecule has 5 nitrogen and oxygen atoms in total. The van der Waals surface area contributed by atoms with Gasteiger partial charge in [0.25, 0.3) is 5.56 Å². The molecule has 0 radical (unpaired) electrons. The molecule has 4 rings (SSSR count). The Morgan fingerprint density at radius 3 is 3.05 bits per heavy atom. The van der Waals surface area contributed by atoms with Crippen molar-refractivity contribution in [2.45, 2.75) is 25.9 Å². The van der Waals surface area contributed by atoms with Gasteiger partial charge in [0, 0.05) is 25.4 Å². The van der Waals surface area contributed by atoms with Crippen molar-refractivity contribution < 1.29 is 4.74 Å². The topological polar surface area (TPSA) is 46.8 Å². The highest BCUT2D eigenvalue weighted by atomic mass is 16.5. The summed E-state index contributed by atoms with van der Waals surface area (Å²) >= 11 is 0. The Morgan fingerprint density at radius 2 is 2.24 bits per heavy atom. The number of aromatic nitrogens is 2. The van der Waals surface area contributed by atoms with Gasteiger partial charge in [0.1, 0.15) is 11.5 Å². The van der Waals surface area contributed by atoms with Crippen molar-refractivity contribution in [1.29, 1.82) is 0 Å². The number of pyridine rings is 1.